The molecule has 0 aromatic heterocycles. The van der Waals surface area contributed by atoms with Crippen molar-refractivity contribution in [1.82, 2.24) is 16.2 Å². The van der Waals surface area contributed by atoms with Gasteiger partial charge in [-0.1, -0.05) is 11.6 Å². The molecule has 3 amide bonds. The largest absolute Gasteiger partial charge is 0.416 e. The number of carbonyl (C=O) groups excluding carboxylic acids is 3. The Balaban J connectivity index is 1.80. The fourth-order valence-corrected chi connectivity index (χ4v) is 2.04. The Kier molecular flexibility index (Phi) is 6.40. The van der Waals surface area contributed by atoms with Gasteiger partial charge in [0.25, 0.3) is 17.7 Å². The number of carbonyl (C=O) groups is 3. The first-order chi connectivity index (χ1) is 12.7. The SMILES string of the molecule is O=C(CNC(=O)c1ccc(C(F)(F)F)cc1)NNC(=O)c1ccc(Cl)cc1. The minimum Gasteiger partial charge on any atom is -0.343 e. The summed E-state index contributed by atoms with van der Waals surface area (Å²) in [6.45, 7) is -0.485. The van der Waals surface area contributed by atoms with Crippen molar-refractivity contribution in [2.45, 2.75) is 6.18 Å². The molecular formula is C17H13ClF3N3O3. The van der Waals surface area contributed by atoms with E-state index in [0.717, 1.165) is 24.3 Å². The molecule has 0 spiro atoms. The summed E-state index contributed by atoms with van der Waals surface area (Å²) in [6, 6.07) is 9.44. The molecule has 2 aromatic rings. The van der Waals surface area contributed by atoms with Crippen LogP contribution in [-0.2, 0) is 11.0 Å². The minimum absolute atomic E-state index is 0.0407. The highest BCUT2D eigenvalue weighted by molar-refractivity contribution is 6.30. The molecule has 0 saturated heterocycles. The molecule has 6 nitrogen and oxygen atoms in total. The van der Waals surface area contributed by atoms with E-state index in [4.69, 9.17) is 11.6 Å². The third-order valence-electron chi connectivity index (χ3n) is 3.31. The zero-order valence-corrected chi connectivity index (χ0v) is 14.3. The van der Waals surface area contributed by atoms with Gasteiger partial charge in [0, 0.05) is 16.1 Å². The highest BCUT2D eigenvalue weighted by Gasteiger charge is 2.30. The van der Waals surface area contributed by atoms with Gasteiger partial charge in [-0.2, -0.15) is 13.2 Å². The summed E-state index contributed by atoms with van der Waals surface area (Å²) in [5.41, 5.74) is 3.57. The van der Waals surface area contributed by atoms with Gasteiger partial charge < -0.3 is 5.32 Å². The summed E-state index contributed by atoms with van der Waals surface area (Å²) in [5.74, 6) is -2.05. The molecule has 2 rings (SSSR count). The average Bonchev–Trinajstić information content (AvgIpc) is 2.64. The van der Waals surface area contributed by atoms with Gasteiger partial charge in [0.2, 0.25) is 0 Å². The molecule has 10 heteroatoms. The minimum atomic E-state index is -4.50. The Bertz CT molecular complexity index is 837. The number of alkyl halides is 3. The van der Waals surface area contributed by atoms with Crippen molar-refractivity contribution >= 4 is 29.3 Å². The highest BCUT2D eigenvalue weighted by atomic mass is 35.5. The van der Waals surface area contributed by atoms with Crippen LogP contribution in [0, 0.1) is 0 Å². The molecule has 0 fully saturated rings. The first kappa shape index (κ1) is 20.2. The quantitative estimate of drug-likeness (QED) is 0.690. The second kappa shape index (κ2) is 8.54. The van der Waals surface area contributed by atoms with E-state index >= 15 is 0 Å². The summed E-state index contributed by atoms with van der Waals surface area (Å²) in [6.07, 6.45) is -4.50. The Morgan fingerprint density at radius 2 is 1.33 bits per heavy atom. The highest BCUT2D eigenvalue weighted by Crippen LogP contribution is 2.29. The first-order valence-electron chi connectivity index (χ1n) is 7.47. The molecule has 0 aliphatic rings. The van der Waals surface area contributed by atoms with E-state index < -0.39 is 36.0 Å². The van der Waals surface area contributed by atoms with Crippen molar-refractivity contribution in [1.29, 1.82) is 0 Å². The maximum Gasteiger partial charge on any atom is 0.416 e. The van der Waals surface area contributed by atoms with Crippen LogP contribution in [0.2, 0.25) is 5.02 Å². The lowest BCUT2D eigenvalue weighted by atomic mass is 10.1. The number of benzene rings is 2. The van der Waals surface area contributed by atoms with Gasteiger partial charge in [-0.3, -0.25) is 25.2 Å². The summed E-state index contributed by atoms with van der Waals surface area (Å²) in [4.78, 5) is 35.3. The van der Waals surface area contributed by atoms with Crippen molar-refractivity contribution in [2.24, 2.45) is 0 Å². The standard InChI is InChI=1S/C17H13ClF3N3O3/c18-13-7-3-11(4-8-13)16(27)24-23-14(25)9-22-15(26)10-1-5-12(6-2-10)17(19,20)21/h1-8H,9H2,(H,22,26)(H,23,25)(H,24,27). The molecule has 27 heavy (non-hydrogen) atoms. The number of nitrogens with one attached hydrogen (secondary N) is 3. The molecule has 142 valence electrons. The van der Waals surface area contributed by atoms with Gasteiger partial charge in [-0.25, -0.2) is 0 Å². The van der Waals surface area contributed by atoms with E-state index in [-0.39, 0.29) is 11.1 Å². The van der Waals surface area contributed by atoms with Crippen LogP contribution < -0.4 is 16.2 Å². The number of rotatable bonds is 4. The van der Waals surface area contributed by atoms with Gasteiger partial charge in [0.1, 0.15) is 0 Å². The fourth-order valence-electron chi connectivity index (χ4n) is 1.92. The Morgan fingerprint density at radius 3 is 1.89 bits per heavy atom. The Morgan fingerprint density at radius 1 is 0.815 bits per heavy atom. The van der Waals surface area contributed by atoms with Crippen LogP contribution in [0.3, 0.4) is 0 Å². The zero-order chi connectivity index (χ0) is 20.0. The molecule has 0 bridgehead atoms. The molecule has 0 radical (unpaired) electrons. The van der Waals surface area contributed by atoms with Gasteiger partial charge in [0.15, 0.2) is 0 Å². The Hall–Kier alpha value is -3.07. The second-order valence-electron chi connectivity index (χ2n) is 5.27. The zero-order valence-electron chi connectivity index (χ0n) is 13.6. The summed E-state index contributed by atoms with van der Waals surface area (Å²) in [7, 11) is 0. The predicted octanol–water partition coefficient (Wildman–Crippen LogP) is 2.55. The second-order valence-corrected chi connectivity index (χ2v) is 5.70. The fraction of sp³-hybridized carbons (Fsp3) is 0.118. The third-order valence-corrected chi connectivity index (χ3v) is 3.56. The lowest BCUT2D eigenvalue weighted by molar-refractivity contribution is -0.137. The van der Waals surface area contributed by atoms with Gasteiger partial charge in [0.05, 0.1) is 12.1 Å². The number of hydrogen-bond donors (Lipinski definition) is 3. The van der Waals surface area contributed by atoms with Crippen molar-refractivity contribution in [3.63, 3.8) is 0 Å². The molecule has 2 aromatic carbocycles. The van der Waals surface area contributed by atoms with E-state index in [9.17, 15) is 27.6 Å². The van der Waals surface area contributed by atoms with E-state index in [1.165, 1.54) is 24.3 Å². The first-order valence-corrected chi connectivity index (χ1v) is 7.85. The van der Waals surface area contributed by atoms with Gasteiger partial charge in [-0.05, 0) is 48.5 Å². The summed E-state index contributed by atoms with van der Waals surface area (Å²) < 4.78 is 37.4. The number of hydrazine groups is 1. The maximum absolute atomic E-state index is 12.5. The van der Waals surface area contributed by atoms with E-state index in [0.29, 0.717) is 5.02 Å². The van der Waals surface area contributed by atoms with Crippen LogP contribution >= 0.6 is 11.6 Å². The molecule has 3 N–H and O–H groups in total. The van der Waals surface area contributed by atoms with Crippen LogP contribution in [0.15, 0.2) is 48.5 Å². The topological polar surface area (TPSA) is 87.3 Å². The Labute approximate surface area is 156 Å². The molecule has 0 unspecified atom stereocenters. The number of amides is 3. The van der Waals surface area contributed by atoms with Crippen molar-refractivity contribution < 1.29 is 27.6 Å². The molecule has 0 saturated carbocycles. The third kappa shape index (κ3) is 6.00. The van der Waals surface area contributed by atoms with E-state index in [1.807, 2.05) is 0 Å². The van der Waals surface area contributed by atoms with Crippen molar-refractivity contribution in [2.75, 3.05) is 6.54 Å². The van der Waals surface area contributed by atoms with Crippen LogP contribution in [0.4, 0.5) is 13.2 Å². The summed E-state index contributed by atoms with van der Waals surface area (Å²) >= 11 is 5.70. The monoisotopic (exact) mass is 399 g/mol. The molecule has 0 aliphatic carbocycles. The predicted molar refractivity (Wildman–Crippen MR) is 90.8 cm³/mol. The molecular weight excluding hydrogens is 387 g/mol. The maximum atomic E-state index is 12.5. The van der Waals surface area contributed by atoms with Crippen LogP contribution in [0.25, 0.3) is 0 Å². The summed E-state index contributed by atoms with van der Waals surface area (Å²) in [5, 5.41) is 2.67. The number of halogens is 4. The van der Waals surface area contributed by atoms with Crippen LogP contribution in [-0.4, -0.2) is 24.3 Å². The molecule has 0 atom stereocenters. The van der Waals surface area contributed by atoms with Crippen LogP contribution in [0.1, 0.15) is 26.3 Å². The molecule has 0 heterocycles. The normalized spacial score (nSPS) is 10.8. The molecule has 0 aliphatic heterocycles. The van der Waals surface area contributed by atoms with Crippen molar-refractivity contribution in [3.8, 4) is 0 Å². The lowest BCUT2D eigenvalue weighted by Crippen LogP contribution is -2.46. The van der Waals surface area contributed by atoms with E-state index in [2.05, 4.69) is 16.2 Å². The smallest absolute Gasteiger partial charge is 0.343 e. The lowest BCUT2D eigenvalue weighted by Gasteiger charge is -2.09. The average molecular weight is 400 g/mol. The van der Waals surface area contributed by atoms with Gasteiger partial charge >= 0.3 is 6.18 Å². The van der Waals surface area contributed by atoms with E-state index in [1.54, 1.807) is 0 Å². The van der Waals surface area contributed by atoms with Crippen molar-refractivity contribution in [3.05, 3.63) is 70.2 Å². The number of hydrogen-bond acceptors (Lipinski definition) is 3. The van der Waals surface area contributed by atoms with Crippen LogP contribution in [0.5, 0.6) is 0 Å². The van der Waals surface area contributed by atoms with Gasteiger partial charge in [-0.15, -0.1) is 0 Å².